The molecule has 9 nitrogen and oxygen atoms in total. The molecule has 1 amide bonds. The summed E-state index contributed by atoms with van der Waals surface area (Å²) in [5.74, 6) is 0.359. The van der Waals surface area contributed by atoms with Crippen LogP contribution in [0.2, 0.25) is 0 Å². The number of H-pyrrole nitrogens is 1. The molecule has 0 atom stereocenters. The van der Waals surface area contributed by atoms with Gasteiger partial charge in [-0.3, -0.25) is 4.79 Å². The molecule has 0 saturated heterocycles. The lowest BCUT2D eigenvalue weighted by Crippen LogP contribution is -2.49. The van der Waals surface area contributed by atoms with Gasteiger partial charge in [-0.1, -0.05) is 0 Å². The molecule has 3 N–H and O–H groups in total. The molecule has 202 valence electrons. The van der Waals surface area contributed by atoms with Crippen LogP contribution in [-0.2, 0) is 11.3 Å². The number of nitrogens with zero attached hydrogens (tertiary/aromatic N) is 4. The van der Waals surface area contributed by atoms with Crippen molar-refractivity contribution in [2.24, 2.45) is 0 Å². The van der Waals surface area contributed by atoms with Crippen molar-refractivity contribution in [3.63, 3.8) is 0 Å². The van der Waals surface area contributed by atoms with E-state index in [0.717, 1.165) is 25.7 Å². The molecule has 5 rings (SSSR count). The molecule has 1 saturated carbocycles. The first-order valence-electron chi connectivity index (χ1n) is 12.5. The number of ether oxygens (including phenoxy) is 1. The molecule has 38 heavy (non-hydrogen) atoms. The molecule has 0 spiro atoms. The minimum absolute atomic E-state index is 0.0346. The van der Waals surface area contributed by atoms with Gasteiger partial charge in [0.15, 0.2) is 5.82 Å². The molecule has 1 aliphatic rings. The summed E-state index contributed by atoms with van der Waals surface area (Å²) in [6.07, 6.45) is 2.39. The molecule has 0 aliphatic heterocycles. The highest BCUT2D eigenvalue weighted by Gasteiger charge is 2.32. The van der Waals surface area contributed by atoms with E-state index in [0.29, 0.717) is 39.8 Å². The first-order valence-corrected chi connectivity index (χ1v) is 12.5. The van der Waals surface area contributed by atoms with Gasteiger partial charge in [-0.25, -0.2) is 18.2 Å². The first kappa shape index (κ1) is 25.8. The summed E-state index contributed by atoms with van der Waals surface area (Å²) in [5.41, 5.74) is 1.64. The van der Waals surface area contributed by atoms with E-state index >= 15 is 4.39 Å². The smallest absolute Gasteiger partial charge is 0.256 e. The summed E-state index contributed by atoms with van der Waals surface area (Å²) in [7, 11) is 1.49. The highest BCUT2D eigenvalue weighted by molar-refractivity contribution is 5.99. The fourth-order valence-corrected chi connectivity index (χ4v) is 5.39. The van der Waals surface area contributed by atoms with Crippen LogP contribution in [0.25, 0.3) is 33.2 Å². The topological polar surface area (TPSA) is 110 Å². The number of imidazole rings is 1. The van der Waals surface area contributed by atoms with Crippen LogP contribution in [0.5, 0.6) is 5.88 Å². The Balaban J connectivity index is 1.46. The molecule has 3 heterocycles. The van der Waals surface area contributed by atoms with Gasteiger partial charge in [0.1, 0.15) is 17.0 Å². The van der Waals surface area contributed by atoms with Crippen LogP contribution in [0.15, 0.2) is 18.3 Å². The average molecular weight is 530 g/mol. The van der Waals surface area contributed by atoms with E-state index in [9.17, 15) is 13.6 Å². The second kappa shape index (κ2) is 9.80. The number of aromatic nitrogens is 5. The highest BCUT2D eigenvalue weighted by atomic mass is 19.3. The maximum atomic E-state index is 15.0. The third-order valence-corrected chi connectivity index (χ3v) is 7.22. The van der Waals surface area contributed by atoms with Gasteiger partial charge in [-0.15, -0.1) is 0 Å². The van der Waals surface area contributed by atoms with E-state index in [2.05, 4.69) is 37.5 Å². The third-order valence-electron chi connectivity index (χ3n) is 7.22. The lowest BCUT2D eigenvalue weighted by atomic mass is 9.81. The number of alkyl halides is 2. The summed E-state index contributed by atoms with van der Waals surface area (Å²) in [6.45, 7) is 4.58. The lowest BCUT2D eigenvalue weighted by Gasteiger charge is -2.38. The van der Waals surface area contributed by atoms with Gasteiger partial charge in [0.05, 0.1) is 24.6 Å². The van der Waals surface area contributed by atoms with Gasteiger partial charge in [0, 0.05) is 30.3 Å². The van der Waals surface area contributed by atoms with Crippen LogP contribution in [0.3, 0.4) is 0 Å². The Morgan fingerprint density at radius 1 is 1.26 bits per heavy atom. The molecular formula is C26H30F3N7O2. The van der Waals surface area contributed by atoms with Crippen molar-refractivity contribution in [3.8, 4) is 17.0 Å². The quantitative estimate of drug-likeness (QED) is 0.313. The fraction of sp³-hybridized carbons (Fsp3) is 0.462. The normalized spacial score (nSPS) is 19.8. The number of aromatic amines is 1. The monoisotopic (exact) mass is 529 g/mol. The second-order valence-electron chi connectivity index (χ2n) is 10.1. The molecule has 0 bridgehead atoms. The standard InChI is InChI=1S/C26H30F3N7O2/c1-13-31-22-18(27)9-15(10-19(22)36(13)12-20(28)29)17-11-30-23-21(17)24(38-4)34-25(33-23)32-16-5-7-26(3,8-6-16)35-14(2)37/h9-11,16,20H,5-8,12H2,1-4H3,(H,35,37)(H2,30,32,33,34)/t16-,26-. The number of methoxy groups -OCH3 is 1. The van der Waals surface area contributed by atoms with Crippen molar-refractivity contribution in [1.29, 1.82) is 0 Å². The fourth-order valence-electron chi connectivity index (χ4n) is 5.39. The van der Waals surface area contributed by atoms with Gasteiger partial charge >= 0.3 is 0 Å². The van der Waals surface area contributed by atoms with Crippen molar-refractivity contribution in [1.82, 2.24) is 29.8 Å². The molecule has 1 aromatic carbocycles. The van der Waals surface area contributed by atoms with Gasteiger partial charge < -0.3 is 24.9 Å². The van der Waals surface area contributed by atoms with Crippen molar-refractivity contribution < 1.29 is 22.7 Å². The number of anilines is 1. The summed E-state index contributed by atoms with van der Waals surface area (Å²) < 4.78 is 48.3. The molecule has 4 aromatic rings. The minimum atomic E-state index is -2.60. The number of fused-ring (bicyclic) bond motifs is 2. The number of carbonyl (C=O) groups excluding carboxylic acids is 1. The average Bonchev–Trinajstić information content (AvgIpc) is 3.41. The zero-order valence-corrected chi connectivity index (χ0v) is 21.7. The van der Waals surface area contributed by atoms with Crippen molar-refractivity contribution in [3.05, 3.63) is 30.0 Å². The van der Waals surface area contributed by atoms with Crippen LogP contribution in [-0.4, -0.2) is 55.5 Å². The Hall–Kier alpha value is -3.83. The van der Waals surface area contributed by atoms with Crippen LogP contribution in [0, 0.1) is 12.7 Å². The van der Waals surface area contributed by atoms with Gasteiger partial charge in [-0.05, 0) is 57.2 Å². The minimum Gasteiger partial charge on any atom is -0.480 e. The van der Waals surface area contributed by atoms with Crippen LogP contribution in [0.4, 0.5) is 19.1 Å². The number of hydrogen-bond donors (Lipinski definition) is 3. The highest BCUT2D eigenvalue weighted by Crippen LogP contribution is 2.37. The predicted molar refractivity (Wildman–Crippen MR) is 138 cm³/mol. The number of benzene rings is 1. The van der Waals surface area contributed by atoms with Gasteiger partial charge in [0.25, 0.3) is 6.43 Å². The predicted octanol–water partition coefficient (Wildman–Crippen LogP) is 4.95. The Morgan fingerprint density at radius 2 is 2.00 bits per heavy atom. The molecular weight excluding hydrogens is 499 g/mol. The first-order chi connectivity index (χ1) is 18.1. The second-order valence-corrected chi connectivity index (χ2v) is 10.1. The number of rotatable bonds is 7. The summed E-state index contributed by atoms with van der Waals surface area (Å²) in [4.78, 5) is 27.9. The maximum Gasteiger partial charge on any atom is 0.256 e. The Labute approximate surface area is 217 Å². The number of aryl methyl sites for hydroxylation is 1. The molecule has 12 heteroatoms. The van der Waals surface area contributed by atoms with E-state index in [1.807, 2.05) is 0 Å². The largest absolute Gasteiger partial charge is 0.480 e. The van der Waals surface area contributed by atoms with Crippen molar-refractivity contribution >= 4 is 33.9 Å². The Kier molecular flexibility index (Phi) is 6.66. The van der Waals surface area contributed by atoms with Crippen LogP contribution in [0.1, 0.15) is 45.4 Å². The number of halogens is 3. The summed E-state index contributed by atoms with van der Waals surface area (Å²) >= 11 is 0. The maximum absolute atomic E-state index is 15.0. The van der Waals surface area contributed by atoms with Gasteiger partial charge in [0.2, 0.25) is 17.7 Å². The summed E-state index contributed by atoms with van der Waals surface area (Å²) in [5, 5.41) is 6.96. The zero-order valence-electron chi connectivity index (χ0n) is 21.7. The number of carbonyl (C=O) groups is 1. The van der Waals surface area contributed by atoms with E-state index in [-0.39, 0.29) is 28.5 Å². The molecule has 0 unspecified atom stereocenters. The van der Waals surface area contributed by atoms with Gasteiger partial charge in [-0.2, -0.15) is 9.97 Å². The Bertz CT molecular complexity index is 1510. The van der Waals surface area contributed by atoms with E-state index in [1.54, 1.807) is 19.2 Å². The molecule has 0 radical (unpaired) electrons. The van der Waals surface area contributed by atoms with E-state index in [1.165, 1.54) is 24.7 Å². The van der Waals surface area contributed by atoms with Crippen molar-refractivity contribution in [2.75, 3.05) is 12.4 Å². The lowest BCUT2D eigenvalue weighted by molar-refractivity contribution is -0.121. The molecule has 1 fully saturated rings. The third kappa shape index (κ3) is 4.86. The molecule has 3 aromatic heterocycles. The Morgan fingerprint density at radius 3 is 2.66 bits per heavy atom. The number of nitrogens with one attached hydrogen (secondary N) is 3. The van der Waals surface area contributed by atoms with Crippen molar-refractivity contribution in [2.45, 2.75) is 71.0 Å². The van der Waals surface area contributed by atoms with E-state index in [4.69, 9.17) is 4.74 Å². The van der Waals surface area contributed by atoms with Crippen LogP contribution >= 0.6 is 0 Å². The molecule has 1 aliphatic carbocycles. The SMILES string of the molecule is COc1nc(N[C@H]2CC[C@](C)(NC(C)=O)CC2)nc2[nH]cc(-c3cc(F)c4nc(C)n(CC(F)F)c4c3)c12. The number of amides is 1. The number of hydrogen-bond acceptors (Lipinski definition) is 6. The van der Waals surface area contributed by atoms with E-state index < -0.39 is 18.8 Å². The van der Waals surface area contributed by atoms with Crippen LogP contribution < -0.4 is 15.4 Å². The zero-order chi connectivity index (χ0) is 27.2. The summed E-state index contributed by atoms with van der Waals surface area (Å²) in [6, 6.07) is 3.09.